The van der Waals surface area contributed by atoms with Gasteiger partial charge < -0.3 is 5.32 Å². The second-order valence-electron chi connectivity index (χ2n) is 4.38. The van der Waals surface area contributed by atoms with E-state index >= 15 is 0 Å². The maximum Gasteiger partial charge on any atom is 0.225 e. The van der Waals surface area contributed by atoms with Gasteiger partial charge in [0, 0.05) is 21.0 Å². The van der Waals surface area contributed by atoms with E-state index in [1.807, 2.05) is 36.4 Å². The van der Waals surface area contributed by atoms with Crippen LogP contribution in [-0.2, 0) is 4.79 Å². The molecular weight excluding hydrogens is 322 g/mol. The first-order valence-corrected chi connectivity index (χ1v) is 7.71. The van der Waals surface area contributed by atoms with E-state index in [4.69, 9.17) is 0 Å². The van der Waals surface area contributed by atoms with E-state index in [1.54, 1.807) is 11.8 Å². The van der Waals surface area contributed by atoms with Crippen LogP contribution in [0.3, 0.4) is 0 Å². The molecule has 0 bridgehead atoms. The van der Waals surface area contributed by atoms with Gasteiger partial charge in [-0.15, -0.1) is 11.8 Å². The zero-order valence-electron chi connectivity index (χ0n) is 10.1. The quantitative estimate of drug-likeness (QED) is 0.824. The van der Waals surface area contributed by atoms with Crippen molar-refractivity contribution in [2.45, 2.75) is 16.6 Å². The molecule has 0 aromatic heterocycles. The summed E-state index contributed by atoms with van der Waals surface area (Å²) in [6.45, 7) is 0. The van der Waals surface area contributed by atoms with Gasteiger partial charge in [0.05, 0.1) is 5.69 Å². The lowest BCUT2D eigenvalue weighted by atomic mass is 10.1. The Hall–Kier alpha value is -1.26. The minimum atomic E-state index is 0.0678. The smallest absolute Gasteiger partial charge is 0.225 e. The average molecular weight is 334 g/mol. The molecule has 4 heteroatoms. The molecule has 2 aromatic rings. The first kappa shape index (κ1) is 12.8. The summed E-state index contributed by atoms with van der Waals surface area (Å²) in [5.74, 6) is 0.0678. The number of carbonyl (C=O) groups excluding carboxylic acids is 1. The third-order valence-electron chi connectivity index (χ3n) is 3.05. The molecule has 1 aliphatic heterocycles. The van der Waals surface area contributed by atoms with Crippen molar-refractivity contribution in [3.05, 3.63) is 58.6 Å². The summed E-state index contributed by atoms with van der Waals surface area (Å²) in [5, 5.41) is 3.10. The van der Waals surface area contributed by atoms with Crippen LogP contribution in [0.1, 0.15) is 17.2 Å². The Balaban J connectivity index is 2.01. The summed E-state index contributed by atoms with van der Waals surface area (Å²) in [6.07, 6.45) is 0.488. The van der Waals surface area contributed by atoms with Gasteiger partial charge in [-0.1, -0.05) is 46.3 Å². The molecule has 0 unspecified atom stereocenters. The standard InChI is InChI=1S/C15H12BrNOS/c16-11-6-2-1-5-10(11)14-9-15(18)17-12-7-3-4-8-13(12)19-14/h1-8,14H,9H2,(H,17,18)/t14-/m0/s1. The van der Waals surface area contributed by atoms with Crippen molar-refractivity contribution in [3.63, 3.8) is 0 Å². The van der Waals surface area contributed by atoms with Crippen molar-refractivity contribution in [2.24, 2.45) is 0 Å². The third kappa shape index (κ3) is 2.69. The highest BCUT2D eigenvalue weighted by atomic mass is 79.9. The van der Waals surface area contributed by atoms with Gasteiger partial charge in [-0.05, 0) is 23.8 Å². The molecule has 1 atom stereocenters. The Labute approximate surface area is 124 Å². The van der Waals surface area contributed by atoms with Crippen molar-refractivity contribution >= 4 is 39.3 Å². The molecular formula is C15H12BrNOS. The second-order valence-corrected chi connectivity index (χ2v) is 6.48. The molecule has 2 aromatic carbocycles. The number of hydrogen-bond acceptors (Lipinski definition) is 2. The van der Waals surface area contributed by atoms with Crippen molar-refractivity contribution in [2.75, 3.05) is 5.32 Å². The number of benzene rings is 2. The Morgan fingerprint density at radius 3 is 2.68 bits per heavy atom. The zero-order valence-corrected chi connectivity index (χ0v) is 12.5. The van der Waals surface area contributed by atoms with Gasteiger partial charge in [-0.2, -0.15) is 0 Å². The molecule has 1 aliphatic rings. The van der Waals surface area contributed by atoms with Crippen LogP contribution < -0.4 is 5.32 Å². The maximum atomic E-state index is 12.0. The van der Waals surface area contributed by atoms with E-state index < -0.39 is 0 Å². The van der Waals surface area contributed by atoms with Crippen LogP contribution >= 0.6 is 27.7 Å². The van der Waals surface area contributed by atoms with Gasteiger partial charge in [0.2, 0.25) is 5.91 Å². The van der Waals surface area contributed by atoms with Crippen LogP contribution in [0.5, 0.6) is 0 Å². The normalized spacial score (nSPS) is 18.4. The van der Waals surface area contributed by atoms with Crippen LogP contribution in [0.15, 0.2) is 57.9 Å². The Bertz CT molecular complexity index is 629. The fraction of sp³-hybridized carbons (Fsp3) is 0.133. The fourth-order valence-electron chi connectivity index (χ4n) is 2.15. The Morgan fingerprint density at radius 1 is 1.11 bits per heavy atom. The minimum Gasteiger partial charge on any atom is -0.325 e. The van der Waals surface area contributed by atoms with Crippen molar-refractivity contribution in [1.29, 1.82) is 0 Å². The number of carbonyl (C=O) groups is 1. The summed E-state index contributed by atoms with van der Waals surface area (Å²) >= 11 is 5.31. The van der Waals surface area contributed by atoms with Gasteiger partial charge in [0.25, 0.3) is 0 Å². The number of hydrogen-bond donors (Lipinski definition) is 1. The molecule has 3 rings (SSSR count). The first-order valence-electron chi connectivity index (χ1n) is 6.04. The summed E-state index contributed by atoms with van der Waals surface area (Å²) in [7, 11) is 0. The molecule has 0 aliphatic carbocycles. The van der Waals surface area contributed by atoms with Crippen LogP contribution in [0.25, 0.3) is 0 Å². The van der Waals surface area contributed by atoms with Gasteiger partial charge in [-0.25, -0.2) is 0 Å². The number of halogens is 1. The van der Waals surface area contributed by atoms with Gasteiger partial charge in [0.1, 0.15) is 0 Å². The molecule has 19 heavy (non-hydrogen) atoms. The van der Waals surface area contributed by atoms with Gasteiger partial charge in [-0.3, -0.25) is 4.79 Å². The predicted octanol–water partition coefficient (Wildman–Crippen LogP) is 4.62. The largest absolute Gasteiger partial charge is 0.325 e. The third-order valence-corrected chi connectivity index (χ3v) is 5.09. The maximum absolute atomic E-state index is 12.0. The van der Waals surface area contributed by atoms with E-state index in [2.05, 4.69) is 33.4 Å². The van der Waals surface area contributed by atoms with E-state index in [-0.39, 0.29) is 11.2 Å². The number of amides is 1. The highest BCUT2D eigenvalue weighted by molar-refractivity contribution is 9.10. The van der Waals surface area contributed by atoms with Crippen LogP contribution in [-0.4, -0.2) is 5.91 Å². The van der Waals surface area contributed by atoms with Crippen molar-refractivity contribution < 1.29 is 4.79 Å². The summed E-state index contributed by atoms with van der Waals surface area (Å²) in [5.41, 5.74) is 2.08. The average Bonchev–Trinajstić information content (AvgIpc) is 2.57. The van der Waals surface area contributed by atoms with Gasteiger partial charge >= 0.3 is 0 Å². The van der Waals surface area contributed by atoms with E-state index in [9.17, 15) is 4.79 Å². The summed E-state index contributed by atoms with van der Waals surface area (Å²) in [4.78, 5) is 13.1. The lowest BCUT2D eigenvalue weighted by molar-refractivity contribution is -0.116. The predicted molar refractivity (Wildman–Crippen MR) is 82.4 cm³/mol. The van der Waals surface area contributed by atoms with Crippen LogP contribution in [0.2, 0.25) is 0 Å². The molecule has 0 saturated carbocycles. The molecule has 1 amide bonds. The number of thioether (sulfide) groups is 1. The summed E-state index contributed by atoms with van der Waals surface area (Å²) in [6, 6.07) is 16.0. The molecule has 2 nitrogen and oxygen atoms in total. The topological polar surface area (TPSA) is 29.1 Å². The second kappa shape index (κ2) is 5.39. The number of para-hydroxylation sites is 1. The lowest BCUT2D eigenvalue weighted by Crippen LogP contribution is -2.12. The molecule has 1 N–H and O–H groups in total. The molecule has 0 saturated heterocycles. The molecule has 1 heterocycles. The Kier molecular flexibility index (Phi) is 3.62. The summed E-state index contributed by atoms with van der Waals surface area (Å²) < 4.78 is 1.06. The molecule has 0 spiro atoms. The molecule has 96 valence electrons. The number of anilines is 1. The van der Waals surface area contributed by atoms with Crippen molar-refractivity contribution in [1.82, 2.24) is 0 Å². The number of fused-ring (bicyclic) bond motifs is 1. The van der Waals surface area contributed by atoms with Crippen molar-refractivity contribution in [3.8, 4) is 0 Å². The zero-order chi connectivity index (χ0) is 13.2. The van der Waals surface area contributed by atoms with E-state index in [0.717, 1.165) is 15.1 Å². The van der Waals surface area contributed by atoms with Gasteiger partial charge in [0.15, 0.2) is 0 Å². The number of rotatable bonds is 1. The van der Waals surface area contributed by atoms with Crippen LogP contribution in [0.4, 0.5) is 5.69 Å². The highest BCUT2D eigenvalue weighted by Gasteiger charge is 2.24. The first-order chi connectivity index (χ1) is 9.24. The highest BCUT2D eigenvalue weighted by Crippen LogP contribution is 2.45. The lowest BCUT2D eigenvalue weighted by Gasteiger charge is -2.15. The molecule has 0 radical (unpaired) electrons. The SMILES string of the molecule is O=C1C[C@@H](c2ccccc2Br)Sc2ccccc2N1. The fourth-order valence-corrected chi connectivity index (χ4v) is 4.14. The minimum absolute atomic E-state index is 0.0678. The Morgan fingerprint density at radius 2 is 1.84 bits per heavy atom. The number of nitrogens with one attached hydrogen (secondary N) is 1. The van der Waals surface area contributed by atoms with E-state index in [0.29, 0.717) is 6.42 Å². The van der Waals surface area contributed by atoms with Crippen LogP contribution in [0, 0.1) is 0 Å². The van der Waals surface area contributed by atoms with E-state index in [1.165, 1.54) is 5.56 Å². The molecule has 0 fully saturated rings. The monoisotopic (exact) mass is 333 g/mol.